The second-order valence-corrected chi connectivity index (χ2v) is 10.3. The molecule has 1 unspecified atom stereocenters. The molecule has 2 aliphatic rings. The van der Waals surface area contributed by atoms with Crippen LogP contribution in [0.1, 0.15) is 41.7 Å². The number of carbonyl (C=O) groups is 1. The van der Waals surface area contributed by atoms with Gasteiger partial charge < -0.3 is 10.1 Å². The van der Waals surface area contributed by atoms with Gasteiger partial charge in [-0.2, -0.15) is 8.78 Å². The zero-order chi connectivity index (χ0) is 22.9. The van der Waals surface area contributed by atoms with Crippen molar-refractivity contribution in [2.45, 2.75) is 37.6 Å². The number of rotatable bonds is 9. The molecule has 1 aromatic heterocycles. The molecule has 4 rings (SSSR count). The van der Waals surface area contributed by atoms with Crippen LogP contribution in [0.5, 0.6) is 11.6 Å². The van der Waals surface area contributed by atoms with Crippen LogP contribution < -0.4 is 10.1 Å². The number of alkyl halides is 2. The molecule has 2 saturated carbocycles. The fourth-order valence-electron chi connectivity index (χ4n) is 3.37. The summed E-state index contributed by atoms with van der Waals surface area (Å²) in [6.07, 6.45) is 5.10. The lowest BCUT2D eigenvalue weighted by atomic mass is 10.1. The maximum Gasteiger partial charge on any atom is 0.292 e. The number of hydrogen-bond donors (Lipinski definition) is 1. The Balaban J connectivity index is 1.63. The number of para-hydroxylation sites is 1. The number of aromatic nitrogens is 1. The predicted molar refractivity (Wildman–Crippen MR) is 115 cm³/mol. The van der Waals surface area contributed by atoms with E-state index in [2.05, 4.69) is 10.3 Å². The Bertz CT molecular complexity index is 1130. The summed E-state index contributed by atoms with van der Waals surface area (Å²) in [5.74, 6) is -4.15. The van der Waals surface area contributed by atoms with E-state index in [1.165, 1.54) is 12.1 Å². The Labute approximate surface area is 185 Å². The number of pyridine rings is 1. The monoisotopic (exact) mass is 462 g/mol. The second kappa shape index (κ2) is 8.61. The average molecular weight is 463 g/mol. The lowest BCUT2D eigenvalue weighted by Gasteiger charge is -2.19. The van der Waals surface area contributed by atoms with Gasteiger partial charge in [0.25, 0.3) is 11.8 Å². The van der Waals surface area contributed by atoms with Gasteiger partial charge in [0.1, 0.15) is 17.0 Å². The highest BCUT2D eigenvalue weighted by Crippen LogP contribution is 2.49. The van der Waals surface area contributed by atoms with Crippen LogP contribution >= 0.6 is 0 Å². The molecular weight excluding hydrogens is 438 g/mol. The Kier molecular flexibility index (Phi) is 6.03. The molecule has 0 bridgehead atoms. The SMILES string of the molecule is CS(=O)(=O)C=CC(NC(=O)c1ccc(C(F)(F)C2CC2)nc1Oc1ccccc1)C1CC1. The fraction of sp³-hybridized carbons (Fsp3) is 0.391. The molecule has 0 spiro atoms. The summed E-state index contributed by atoms with van der Waals surface area (Å²) >= 11 is 0. The molecule has 0 aliphatic heterocycles. The molecule has 1 N–H and O–H groups in total. The summed E-state index contributed by atoms with van der Waals surface area (Å²) in [6.45, 7) is 0. The van der Waals surface area contributed by atoms with Crippen molar-refractivity contribution in [2.24, 2.45) is 11.8 Å². The summed E-state index contributed by atoms with van der Waals surface area (Å²) < 4.78 is 58.0. The van der Waals surface area contributed by atoms with Crippen LogP contribution in [-0.2, 0) is 15.8 Å². The molecule has 1 aromatic carbocycles. The summed E-state index contributed by atoms with van der Waals surface area (Å²) in [5.41, 5.74) is -0.430. The van der Waals surface area contributed by atoms with Crippen LogP contribution in [0.4, 0.5) is 8.78 Å². The average Bonchev–Trinajstić information content (AvgIpc) is 3.63. The summed E-state index contributed by atoms with van der Waals surface area (Å²) in [5, 5.41) is 3.85. The molecule has 0 saturated heterocycles. The standard InChI is InChI=1S/C23H24F2N2O4S/c1-32(29,30)14-13-19(15-7-8-15)26-21(28)18-11-12-20(23(24,25)16-9-10-16)27-22(18)31-17-5-3-2-4-6-17/h2-6,11-16,19H,7-10H2,1H3,(H,26,28). The normalized spacial score (nSPS) is 17.8. The first kappa shape index (κ1) is 22.4. The Morgan fingerprint density at radius 2 is 1.84 bits per heavy atom. The van der Waals surface area contributed by atoms with E-state index in [0.29, 0.717) is 18.6 Å². The minimum Gasteiger partial charge on any atom is -0.438 e. The van der Waals surface area contributed by atoms with Gasteiger partial charge in [0.2, 0.25) is 5.88 Å². The zero-order valence-corrected chi connectivity index (χ0v) is 18.3. The van der Waals surface area contributed by atoms with Crippen LogP contribution in [0.2, 0.25) is 0 Å². The van der Waals surface area contributed by atoms with Crippen molar-refractivity contribution in [1.29, 1.82) is 0 Å². The third-order valence-corrected chi connectivity index (χ3v) is 6.11. The van der Waals surface area contributed by atoms with Crippen LogP contribution in [-0.4, -0.2) is 31.6 Å². The lowest BCUT2D eigenvalue weighted by molar-refractivity contribution is -0.0332. The van der Waals surface area contributed by atoms with E-state index in [0.717, 1.165) is 30.6 Å². The number of carbonyl (C=O) groups excluding carboxylic acids is 1. The Morgan fingerprint density at radius 3 is 2.44 bits per heavy atom. The van der Waals surface area contributed by atoms with Gasteiger partial charge >= 0.3 is 0 Å². The van der Waals surface area contributed by atoms with Crippen LogP contribution in [0, 0.1) is 11.8 Å². The molecule has 9 heteroatoms. The number of hydrogen-bond acceptors (Lipinski definition) is 5. The first-order chi connectivity index (χ1) is 15.1. The largest absolute Gasteiger partial charge is 0.438 e. The molecule has 1 amide bonds. The van der Waals surface area contributed by atoms with Gasteiger partial charge in [0, 0.05) is 17.6 Å². The van der Waals surface area contributed by atoms with Crippen molar-refractivity contribution in [1.82, 2.24) is 10.3 Å². The van der Waals surface area contributed by atoms with Crippen molar-refractivity contribution in [3.05, 3.63) is 65.2 Å². The van der Waals surface area contributed by atoms with Crippen LogP contribution in [0.15, 0.2) is 53.9 Å². The first-order valence-electron chi connectivity index (χ1n) is 10.4. The summed E-state index contributed by atoms with van der Waals surface area (Å²) in [7, 11) is -3.35. The third kappa shape index (κ3) is 5.51. The lowest BCUT2D eigenvalue weighted by Crippen LogP contribution is -2.35. The van der Waals surface area contributed by atoms with E-state index in [4.69, 9.17) is 4.74 Å². The van der Waals surface area contributed by atoms with E-state index in [-0.39, 0.29) is 17.4 Å². The number of sulfone groups is 1. The van der Waals surface area contributed by atoms with Gasteiger partial charge in [0.05, 0.1) is 6.04 Å². The van der Waals surface area contributed by atoms with E-state index in [1.807, 2.05) is 0 Å². The number of benzene rings is 1. The highest BCUT2D eigenvalue weighted by Gasteiger charge is 2.49. The third-order valence-electron chi connectivity index (χ3n) is 5.45. The molecule has 0 radical (unpaired) electrons. The molecule has 32 heavy (non-hydrogen) atoms. The zero-order valence-electron chi connectivity index (χ0n) is 17.5. The molecule has 2 aliphatic carbocycles. The highest BCUT2D eigenvalue weighted by molar-refractivity contribution is 7.93. The van der Waals surface area contributed by atoms with E-state index in [1.54, 1.807) is 30.3 Å². The van der Waals surface area contributed by atoms with Crippen molar-refractivity contribution in [2.75, 3.05) is 6.26 Å². The van der Waals surface area contributed by atoms with Gasteiger partial charge in [-0.05, 0) is 55.9 Å². The number of nitrogens with zero attached hydrogens (tertiary/aromatic N) is 1. The van der Waals surface area contributed by atoms with Gasteiger partial charge in [0.15, 0.2) is 9.84 Å². The minimum atomic E-state index is -3.35. The smallest absolute Gasteiger partial charge is 0.292 e. The molecule has 1 atom stereocenters. The number of amides is 1. The van der Waals surface area contributed by atoms with E-state index in [9.17, 15) is 22.0 Å². The maximum atomic E-state index is 14.6. The minimum absolute atomic E-state index is 0.00241. The van der Waals surface area contributed by atoms with E-state index < -0.39 is 39.3 Å². The van der Waals surface area contributed by atoms with Crippen molar-refractivity contribution < 1.29 is 26.7 Å². The summed E-state index contributed by atoms with van der Waals surface area (Å²) in [6, 6.07) is 10.4. The van der Waals surface area contributed by atoms with Crippen molar-refractivity contribution in [3.63, 3.8) is 0 Å². The second-order valence-electron chi connectivity index (χ2n) is 8.36. The van der Waals surface area contributed by atoms with Crippen LogP contribution in [0.25, 0.3) is 0 Å². The number of halogens is 2. The molecule has 1 heterocycles. The quantitative estimate of drug-likeness (QED) is 0.595. The van der Waals surface area contributed by atoms with Gasteiger partial charge in [-0.1, -0.05) is 24.3 Å². The van der Waals surface area contributed by atoms with Gasteiger partial charge in [-0.25, -0.2) is 13.4 Å². The molecule has 6 nitrogen and oxygen atoms in total. The van der Waals surface area contributed by atoms with Crippen molar-refractivity contribution >= 4 is 15.7 Å². The van der Waals surface area contributed by atoms with Crippen LogP contribution in [0.3, 0.4) is 0 Å². The summed E-state index contributed by atoms with van der Waals surface area (Å²) in [4.78, 5) is 17.1. The van der Waals surface area contributed by atoms with Gasteiger partial charge in [-0.15, -0.1) is 0 Å². The Hall–Kier alpha value is -2.81. The Morgan fingerprint density at radius 1 is 1.16 bits per heavy atom. The number of ether oxygens (including phenoxy) is 1. The van der Waals surface area contributed by atoms with Gasteiger partial charge in [-0.3, -0.25) is 4.79 Å². The number of nitrogens with one attached hydrogen (secondary N) is 1. The maximum absolute atomic E-state index is 14.6. The molecule has 2 fully saturated rings. The van der Waals surface area contributed by atoms with E-state index >= 15 is 0 Å². The first-order valence-corrected chi connectivity index (χ1v) is 12.4. The molecule has 2 aromatic rings. The highest BCUT2D eigenvalue weighted by atomic mass is 32.2. The fourth-order valence-corrected chi connectivity index (χ4v) is 3.82. The van der Waals surface area contributed by atoms with Crippen molar-refractivity contribution in [3.8, 4) is 11.6 Å². The molecular formula is C23H24F2N2O4S. The predicted octanol–water partition coefficient (Wildman–Crippen LogP) is 4.44. The topological polar surface area (TPSA) is 85.4 Å². The molecule has 170 valence electrons.